The largest absolute Gasteiger partial charge is 0.462 e. The number of hydrogen-bond acceptors (Lipinski definition) is 6. The number of ether oxygens (including phenoxy) is 3. The first-order chi connectivity index (χ1) is 37.5. The van der Waals surface area contributed by atoms with E-state index in [1.165, 1.54) is 122 Å². The second kappa shape index (κ2) is 63.3. The maximum atomic E-state index is 12.9. The van der Waals surface area contributed by atoms with Crippen LogP contribution in [0.3, 0.4) is 0 Å². The molecule has 0 aromatic carbocycles. The van der Waals surface area contributed by atoms with Crippen LogP contribution >= 0.6 is 0 Å². The molecule has 0 aliphatic rings. The molecular formula is C70H116O6. The lowest BCUT2D eigenvalue weighted by atomic mass is 10.0. The van der Waals surface area contributed by atoms with E-state index in [9.17, 15) is 14.4 Å². The van der Waals surface area contributed by atoms with Crippen LogP contribution in [0.4, 0.5) is 0 Å². The highest BCUT2D eigenvalue weighted by atomic mass is 16.6. The molecular weight excluding hydrogens is 937 g/mol. The standard InChI is InChI=1S/C70H116O6/c1-4-7-10-13-16-19-22-25-27-29-31-32-33-34-35-36-37-38-39-41-42-45-48-51-54-57-60-63-69(72)75-66-67(65-74-68(71)62-59-56-53-50-47-44-24-21-18-15-12-9-6-3)76-70(73)64-61-58-55-52-49-46-43-40-30-28-26-23-20-17-14-11-8-5-2/h7,10,16,19-20,23,25,27-28,30-32,34-35,37-38,41-42,48,51,67H,4-6,8-9,11-15,17-18,21-22,24,26,29,33,36,39-40,43-47,49-50,52-66H2,1-3H3/b10-7-,19-16-,23-20-,27-25-,30-28-,32-31-,35-34-,38-37-,42-41-,51-48-. The quantitative estimate of drug-likeness (QED) is 0.0261. The van der Waals surface area contributed by atoms with Crippen LogP contribution in [0, 0.1) is 0 Å². The van der Waals surface area contributed by atoms with E-state index in [0.29, 0.717) is 25.7 Å². The van der Waals surface area contributed by atoms with Crippen molar-refractivity contribution in [3.8, 4) is 0 Å². The Bertz CT molecular complexity index is 1590. The van der Waals surface area contributed by atoms with Crippen molar-refractivity contribution in [2.24, 2.45) is 0 Å². The number of rotatable bonds is 56. The third kappa shape index (κ3) is 60.7. The normalized spacial score (nSPS) is 12.9. The molecule has 0 aliphatic heterocycles. The third-order valence-corrected chi connectivity index (χ3v) is 13.2. The van der Waals surface area contributed by atoms with E-state index in [4.69, 9.17) is 14.2 Å². The smallest absolute Gasteiger partial charge is 0.306 e. The van der Waals surface area contributed by atoms with Gasteiger partial charge in [-0.05, 0) is 116 Å². The molecule has 0 amide bonds. The summed E-state index contributed by atoms with van der Waals surface area (Å²) in [5.74, 6) is -0.945. The minimum atomic E-state index is -0.803. The number of allylic oxidation sites excluding steroid dienone is 20. The van der Waals surface area contributed by atoms with E-state index in [1.807, 2.05) is 0 Å². The lowest BCUT2D eigenvalue weighted by Gasteiger charge is -2.18. The maximum Gasteiger partial charge on any atom is 0.306 e. The zero-order valence-corrected chi connectivity index (χ0v) is 49.5. The summed E-state index contributed by atoms with van der Waals surface area (Å²) in [5.41, 5.74) is 0. The molecule has 0 fully saturated rings. The zero-order valence-electron chi connectivity index (χ0n) is 49.5. The van der Waals surface area contributed by atoms with Crippen molar-refractivity contribution in [2.75, 3.05) is 13.2 Å². The molecule has 432 valence electrons. The highest BCUT2D eigenvalue weighted by Gasteiger charge is 2.19. The first kappa shape index (κ1) is 71.8. The Morgan fingerprint density at radius 2 is 0.513 bits per heavy atom. The van der Waals surface area contributed by atoms with Crippen molar-refractivity contribution >= 4 is 17.9 Å². The van der Waals surface area contributed by atoms with E-state index in [1.54, 1.807) is 0 Å². The van der Waals surface area contributed by atoms with Crippen molar-refractivity contribution in [3.05, 3.63) is 122 Å². The van der Waals surface area contributed by atoms with Gasteiger partial charge in [0.2, 0.25) is 0 Å². The van der Waals surface area contributed by atoms with Gasteiger partial charge in [0.05, 0.1) is 0 Å². The van der Waals surface area contributed by atoms with Gasteiger partial charge in [0.15, 0.2) is 6.10 Å². The molecule has 0 saturated carbocycles. The number of carbonyl (C=O) groups is 3. The van der Waals surface area contributed by atoms with Gasteiger partial charge >= 0.3 is 17.9 Å². The Hall–Kier alpha value is -4.19. The van der Waals surface area contributed by atoms with Crippen molar-refractivity contribution in [1.29, 1.82) is 0 Å². The van der Waals surface area contributed by atoms with E-state index in [0.717, 1.165) is 116 Å². The average Bonchev–Trinajstić information content (AvgIpc) is 3.42. The minimum Gasteiger partial charge on any atom is -0.462 e. The minimum absolute atomic E-state index is 0.0953. The van der Waals surface area contributed by atoms with Crippen LogP contribution in [0.15, 0.2) is 122 Å². The second-order valence-electron chi connectivity index (χ2n) is 20.6. The average molecular weight is 1050 g/mol. The predicted octanol–water partition coefficient (Wildman–Crippen LogP) is 21.6. The van der Waals surface area contributed by atoms with Crippen LogP contribution in [-0.4, -0.2) is 37.2 Å². The van der Waals surface area contributed by atoms with Gasteiger partial charge in [-0.3, -0.25) is 14.4 Å². The number of carbonyl (C=O) groups excluding carboxylic acids is 3. The van der Waals surface area contributed by atoms with E-state index >= 15 is 0 Å². The van der Waals surface area contributed by atoms with Crippen molar-refractivity contribution < 1.29 is 28.6 Å². The fourth-order valence-corrected chi connectivity index (χ4v) is 8.49. The number of hydrogen-bond donors (Lipinski definition) is 0. The highest BCUT2D eigenvalue weighted by Crippen LogP contribution is 2.15. The number of unbranched alkanes of at least 4 members (excludes halogenated alkanes) is 25. The Kier molecular flexibility index (Phi) is 59.9. The van der Waals surface area contributed by atoms with Crippen LogP contribution in [0.25, 0.3) is 0 Å². The van der Waals surface area contributed by atoms with Gasteiger partial charge < -0.3 is 14.2 Å². The maximum absolute atomic E-state index is 12.9. The molecule has 76 heavy (non-hydrogen) atoms. The summed E-state index contributed by atoms with van der Waals surface area (Å²) in [6.07, 6.45) is 87.7. The Morgan fingerprint density at radius 1 is 0.276 bits per heavy atom. The second-order valence-corrected chi connectivity index (χ2v) is 20.6. The summed E-state index contributed by atoms with van der Waals surface area (Å²) in [6, 6.07) is 0. The van der Waals surface area contributed by atoms with Gasteiger partial charge in [0.1, 0.15) is 13.2 Å². The first-order valence-corrected chi connectivity index (χ1v) is 31.5. The molecule has 6 heteroatoms. The zero-order chi connectivity index (χ0) is 55.0. The summed E-state index contributed by atoms with van der Waals surface area (Å²) >= 11 is 0. The van der Waals surface area contributed by atoms with Gasteiger partial charge in [-0.15, -0.1) is 0 Å². The van der Waals surface area contributed by atoms with Crippen molar-refractivity contribution in [1.82, 2.24) is 0 Å². The van der Waals surface area contributed by atoms with Gasteiger partial charge in [0, 0.05) is 19.3 Å². The van der Waals surface area contributed by atoms with Crippen LogP contribution in [0.5, 0.6) is 0 Å². The molecule has 1 atom stereocenters. The summed E-state index contributed by atoms with van der Waals surface area (Å²) in [4.78, 5) is 38.3. The molecule has 6 nitrogen and oxygen atoms in total. The molecule has 0 rings (SSSR count). The number of esters is 3. The van der Waals surface area contributed by atoms with E-state index < -0.39 is 6.10 Å². The molecule has 0 aromatic heterocycles. The molecule has 0 N–H and O–H groups in total. The van der Waals surface area contributed by atoms with Gasteiger partial charge in [0.25, 0.3) is 0 Å². The van der Waals surface area contributed by atoms with Crippen LogP contribution in [0.2, 0.25) is 0 Å². The lowest BCUT2D eigenvalue weighted by Crippen LogP contribution is -2.30. The van der Waals surface area contributed by atoms with Crippen LogP contribution < -0.4 is 0 Å². The van der Waals surface area contributed by atoms with Crippen molar-refractivity contribution in [2.45, 2.75) is 290 Å². The van der Waals surface area contributed by atoms with Crippen LogP contribution in [-0.2, 0) is 28.6 Å². The third-order valence-electron chi connectivity index (χ3n) is 13.2. The molecule has 0 heterocycles. The first-order valence-electron chi connectivity index (χ1n) is 31.5. The Labute approximate surface area is 469 Å². The summed E-state index contributed by atoms with van der Waals surface area (Å²) in [6.45, 7) is 6.48. The van der Waals surface area contributed by atoms with Crippen LogP contribution in [0.1, 0.15) is 284 Å². The lowest BCUT2D eigenvalue weighted by molar-refractivity contribution is -0.167. The fraction of sp³-hybridized carbons (Fsp3) is 0.671. The Morgan fingerprint density at radius 3 is 0.842 bits per heavy atom. The topological polar surface area (TPSA) is 78.9 Å². The summed E-state index contributed by atoms with van der Waals surface area (Å²) < 4.78 is 16.9. The van der Waals surface area contributed by atoms with E-state index in [2.05, 4.69) is 142 Å². The summed E-state index contributed by atoms with van der Waals surface area (Å²) in [7, 11) is 0. The molecule has 1 unspecified atom stereocenters. The van der Waals surface area contributed by atoms with E-state index in [-0.39, 0.29) is 31.1 Å². The van der Waals surface area contributed by atoms with Crippen molar-refractivity contribution in [3.63, 3.8) is 0 Å². The Balaban J connectivity index is 4.44. The summed E-state index contributed by atoms with van der Waals surface area (Å²) in [5, 5.41) is 0. The SMILES string of the molecule is CC/C=C\C/C=C\C/C=C\C/C=C\C/C=C\C/C=C\C/C=C\C/C=C\CCCCC(=O)OCC(COC(=O)CCCCCCCCCCCCCCC)OC(=O)CCCCCCCCC/C=C\C/C=C\CCCCCC. The van der Waals surface area contributed by atoms with Gasteiger partial charge in [-0.2, -0.15) is 0 Å². The molecule has 0 aromatic rings. The monoisotopic (exact) mass is 1050 g/mol. The van der Waals surface area contributed by atoms with Gasteiger partial charge in [-0.1, -0.05) is 271 Å². The molecule has 0 spiro atoms. The molecule has 0 radical (unpaired) electrons. The molecule has 0 aliphatic carbocycles. The molecule has 0 saturated heterocycles. The fourth-order valence-electron chi connectivity index (χ4n) is 8.49. The molecule has 0 bridgehead atoms. The van der Waals surface area contributed by atoms with Gasteiger partial charge in [-0.25, -0.2) is 0 Å². The highest BCUT2D eigenvalue weighted by molar-refractivity contribution is 5.71. The predicted molar refractivity (Wildman–Crippen MR) is 330 cm³/mol.